The smallest absolute Gasteiger partial charge is 0.161 e. The molecule has 7 heteroatoms. The zero-order valence-corrected chi connectivity index (χ0v) is 14.6. The Bertz CT molecular complexity index is 625. The maximum absolute atomic E-state index is 9.51. The summed E-state index contributed by atoms with van der Waals surface area (Å²) in [6.45, 7) is 3.17. The number of phenols is 1. The molecule has 0 amide bonds. The maximum Gasteiger partial charge on any atom is 0.161 e. The molecule has 0 aliphatic rings. The van der Waals surface area contributed by atoms with Crippen LogP contribution in [0.15, 0.2) is 18.2 Å². The van der Waals surface area contributed by atoms with Gasteiger partial charge in [0.15, 0.2) is 5.82 Å². The molecule has 0 radical (unpaired) electrons. The summed E-state index contributed by atoms with van der Waals surface area (Å²) in [5.74, 6) is 1.34. The minimum absolute atomic E-state index is 0.0370. The molecule has 1 aromatic heterocycles. The summed E-state index contributed by atoms with van der Waals surface area (Å²) < 4.78 is 6.12. The standard InChI is InChI=1S/C14H15ClIN3O2/c1-3-17-14-12(16)10(7-21-2)18-13(19-14)8-4-5-11(20)9(15)6-8/h4-6,20H,3,7H2,1-2H3,(H,17,18,19). The van der Waals surface area contributed by atoms with Crippen LogP contribution in [0.4, 0.5) is 5.82 Å². The molecular formula is C14H15ClIN3O2. The molecule has 0 atom stereocenters. The van der Waals surface area contributed by atoms with Crippen molar-refractivity contribution in [3.8, 4) is 17.1 Å². The summed E-state index contributed by atoms with van der Waals surface area (Å²) in [4.78, 5) is 9.04. The van der Waals surface area contributed by atoms with Crippen molar-refractivity contribution in [2.24, 2.45) is 0 Å². The number of anilines is 1. The van der Waals surface area contributed by atoms with Crippen molar-refractivity contribution in [3.05, 3.63) is 32.5 Å². The first-order valence-corrected chi connectivity index (χ1v) is 7.80. The van der Waals surface area contributed by atoms with Gasteiger partial charge in [-0.05, 0) is 47.7 Å². The quantitative estimate of drug-likeness (QED) is 0.724. The fourth-order valence-electron chi connectivity index (χ4n) is 1.79. The van der Waals surface area contributed by atoms with E-state index >= 15 is 0 Å². The highest BCUT2D eigenvalue weighted by Crippen LogP contribution is 2.30. The molecule has 2 aromatic rings. The Balaban J connectivity index is 2.53. The van der Waals surface area contributed by atoms with E-state index < -0.39 is 0 Å². The number of hydrogen-bond donors (Lipinski definition) is 2. The van der Waals surface area contributed by atoms with Crippen molar-refractivity contribution in [1.82, 2.24) is 9.97 Å². The molecule has 0 fully saturated rings. The van der Waals surface area contributed by atoms with Gasteiger partial charge in [-0.1, -0.05) is 11.6 Å². The van der Waals surface area contributed by atoms with E-state index in [0.717, 1.165) is 27.2 Å². The van der Waals surface area contributed by atoms with Gasteiger partial charge in [-0.3, -0.25) is 0 Å². The topological polar surface area (TPSA) is 67.3 Å². The predicted octanol–water partition coefficient (Wildman–Crippen LogP) is 3.69. The SMILES string of the molecule is CCNc1nc(-c2ccc(O)c(Cl)c2)nc(COC)c1I. The van der Waals surface area contributed by atoms with Gasteiger partial charge in [0.1, 0.15) is 11.6 Å². The predicted molar refractivity (Wildman–Crippen MR) is 91.7 cm³/mol. The molecule has 0 aliphatic heterocycles. The minimum Gasteiger partial charge on any atom is -0.506 e. The van der Waals surface area contributed by atoms with Gasteiger partial charge in [0.2, 0.25) is 0 Å². The lowest BCUT2D eigenvalue weighted by molar-refractivity contribution is 0.181. The first-order chi connectivity index (χ1) is 10.1. The molecule has 2 N–H and O–H groups in total. The van der Waals surface area contributed by atoms with Crippen LogP contribution in [0.5, 0.6) is 5.75 Å². The Morgan fingerprint density at radius 2 is 2.14 bits per heavy atom. The van der Waals surface area contributed by atoms with Crippen LogP contribution in [0.3, 0.4) is 0 Å². The van der Waals surface area contributed by atoms with Crippen molar-refractivity contribution < 1.29 is 9.84 Å². The van der Waals surface area contributed by atoms with Crippen molar-refractivity contribution in [1.29, 1.82) is 0 Å². The normalized spacial score (nSPS) is 10.7. The number of benzene rings is 1. The number of nitrogens with one attached hydrogen (secondary N) is 1. The van der Waals surface area contributed by atoms with Gasteiger partial charge in [0, 0.05) is 19.2 Å². The number of methoxy groups -OCH3 is 1. The van der Waals surface area contributed by atoms with Crippen LogP contribution < -0.4 is 5.32 Å². The number of phenolic OH excluding ortho intramolecular Hbond substituents is 1. The van der Waals surface area contributed by atoms with E-state index in [-0.39, 0.29) is 10.8 Å². The number of rotatable bonds is 5. The second kappa shape index (κ2) is 7.24. The van der Waals surface area contributed by atoms with Gasteiger partial charge >= 0.3 is 0 Å². The first kappa shape index (κ1) is 16.3. The van der Waals surface area contributed by atoms with Gasteiger partial charge in [-0.15, -0.1) is 0 Å². The average molecular weight is 420 g/mol. The number of aromatic nitrogens is 2. The fourth-order valence-corrected chi connectivity index (χ4v) is 2.55. The number of ether oxygens (including phenoxy) is 1. The molecule has 21 heavy (non-hydrogen) atoms. The van der Waals surface area contributed by atoms with E-state index in [1.807, 2.05) is 6.92 Å². The Hall–Kier alpha value is -1.12. The Morgan fingerprint density at radius 3 is 2.76 bits per heavy atom. The van der Waals surface area contributed by atoms with Crippen molar-refractivity contribution >= 4 is 40.0 Å². The molecule has 0 saturated carbocycles. The number of hydrogen-bond acceptors (Lipinski definition) is 5. The third-order valence-corrected chi connectivity index (χ3v) is 4.19. The molecular weight excluding hydrogens is 405 g/mol. The van der Waals surface area contributed by atoms with Crippen LogP contribution in [-0.2, 0) is 11.3 Å². The maximum atomic E-state index is 9.51. The lowest BCUT2D eigenvalue weighted by Gasteiger charge is -2.12. The molecule has 1 aromatic carbocycles. The highest BCUT2D eigenvalue weighted by molar-refractivity contribution is 14.1. The van der Waals surface area contributed by atoms with Crippen LogP contribution in [0.1, 0.15) is 12.6 Å². The van der Waals surface area contributed by atoms with E-state index in [0.29, 0.717) is 12.4 Å². The summed E-state index contributed by atoms with van der Waals surface area (Å²) in [6, 6.07) is 4.91. The van der Waals surface area contributed by atoms with E-state index in [2.05, 4.69) is 37.9 Å². The summed E-state index contributed by atoms with van der Waals surface area (Å²) in [6.07, 6.45) is 0. The summed E-state index contributed by atoms with van der Waals surface area (Å²) >= 11 is 8.15. The third-order valence-electron chi connectivity index (χ3n) is 2.75. The van der Waals surface area contributed by atoms with E-state index in [1.54, 1.807) is 19.2 Å². The van der Waals surface area contributed by atoms with Gasteiger partial charge in [0.05, 0.1) is 20.9 Å². The first-order valence-electron chi connectivity index (χ1n) is 6.35. The fraction of sp³-hybridized carbons (Fsp3) is 0.286. The molecule has 112 valence electrons. The molecule has 0 spiro atoms. The van der Waals surface area contributed by atoms with Crippen LogP contribution in [-0.4, -0.2) is 28.7 Å². The monoisotopic (exact) mass is 419 g/mol. The molecule has 1 heterocycles. The van der Waals surface area contributed by atoms with Crippen LogP contribution in [0.2, 0.25) is 5.02 Å². The molecule has 2 rings (SSSR count). The molecule has 0 bridgehead atoms. The highest BCUT2D eigenvalue weighted by atomic mass is 127. The van der Waals surface area contributed by atoms with Gasteiger partial charge < -0.3 is 15.2 Å². The van der Waals surface area contributed by atoms with Crippen LogP contribution in [0, 0.1) is 3.57 Å². The minimum atomic E-state index is 0.0370. The Labute approximate surface area is 141 Å². The zero-order valence-electron chi connectivity index (χ0n) is 11.7. The van der Waals surface area contributed by atoms with E-state index in [9.17, 15) is 5.11 Å². The lowest BCUT2D eigenvalue weighted by Crippen LogP contribution is -2.08. The summed E-state index contributed by atoms with van der Waals surface area (Å²) in [5.41, 5.74) is 1.55. The molecule has 0 unspecified atom stereocenters. The second-order valence-electron chi connectivity index (χ2n) is 4.29. The largest absolute Gasteiger partial charge is 0.506 e. The van der Waals surface area contributed by atoms with E-state index in [4.69, 9.17) is 16.3 Å². The number of nitrogens with zero attached hydrogens (tertiary/aromatic N) is 2. The number of halogens is 2. The van der Waals surface area contributed by atoms with Crippen molar-refractivity contribution in [2.45, 2.75) is 13.5 Å². The van der Waals surface area contributed by atoms with Crippen molar-refractivity contribution in [2.75, 3.05) is 19.0 Å². The second-order valence-corrected chi connectivity index (χ2v) is 5.77. The van der Waals surface area contributed by atoms with Gasteiger partial charge in [0.25, 0.3) is 0 Å². The summed E-state index contributed by atoms with van der Waals surface area (Å²) in [5, 5.41) is 13.0. The zero-order chi connectivity index (χ0) is 15.4. The Kier molecular flexibility index (Phi) is 5.60. The average Bonchev–Trinajstić information content (AvgIpc) is 2.46. The highest BCUT2D eigenvalue weighted by Gasteiger charge is 2.14. The Morgan fingerprint density at radius 1 is 1.38 bits per heavy atom. The van der Waals surface area contributed by atoms with Gasteiger partial charge in [-0.25, -0.2) is 9.97 Å². The van der Waals surface area contributed by atoms with E-state index in [1.165, 1.54) is 6.07 Å². The summed E-state index contributed by atoms with van der Waals surface area (Å²) in [7, 11) is 1.63. The number of aromatic hydroxyl groups is 1. The van der Waals surface area contributed by atoms with Crippen molar-refractivity contribution in [3.63, 3.8) is 0 Å². The third kappa shape index (κ3) is 3.75. The molecule has 5 nitrogen and oxygen atoms in total. The lowest BCUT2D eigenvalue weighted by atomic mass is 10.2. The van der Waals surface area contributed by atoms with Crippen LogP contribution >= 0.6 is 34.2 Å². The molecule has 0 aliphatic carbocycles. The molecule has 0 saturated heterocycles. The van der Waals surface area contributed by atoms with Gasteiger partial charge in [-0.2, -0.15) is 0 Å². The van der Waals surface area contributed by atoms with Crippen LogP contribution in [0.25, 0.3) is 11.4 Å².